The maximum absolute atomic E-state index is 12.6. The Morgan fingerprint density at radius 1 is 1.35 bits per heavy atom. The van der Waals surface area contributed by atoms with Gasteiger partial charge in [-0.1, -0.05) is 0 Å². The second kappa shape index (κ2) is 7.49. The highest BCUT2D eigenvalue weighted by Gasteiger charge is 2.13. The van der Waals surface area contributed by atoms with Gasteiger partial charge in [-0.05, 0) is 49.2 Å². The number of amides is 1. The monoisotopic (exact) mass is 370 g/mol. The largest absolute Gasteiger partial charge is 0.497 e. The Kier molecular flexibility index (Phi) is 5.13. The van der Waals surface area contributed by atoms with Crippen LogP contribution in [0.2, 0.25) is 0 Å². The second-order valence-corrected chi connectivity index (χ2v) is 6.91. The number of carbonyl (C=O) groups excluding carboxylic acids is 1. The van der Waals surface area contributed by atoms with Crippen molar-refractivity contribution in [2.75, 3.05) is 7.11 Å². The van der Waals surface area contributed by atoms with Crippen LogP contribution in [0.15, 0.2) is 40.5 Å². The first-order valence-corrected chi connectivity index (χ1v) is 8.72. The van der Waals surface area contributed by atoms with Crippen molar-refractivity contribution in [3.63, 3.8) is 0 Å². The van der Waals surface area contributed by atoms with Crippen molar-refractivity contribution in [3.05, 3.63) is 57.0 Å². The van der Waals surface area contributed by atoms with Gasteiger partial charge in [-0.2, -0.15) is 5.10 Å². The number of hydrogen-bond donors (Lipinski definition) is 1. The van der Waals surface area contributed by atoms with E-state index in [0.29, 0.717) is 10.2 Å². The van der Waals surface area contributed by atoms with E-state index in [9.17, 15) is 9.59 Å². The molecular formula is C18H18N4O3S. The first-order valence-electron chi connectivity index (χ1n) is 7.90. The van der Waals surface area contributed by atoms with E-state index in [0.717, 1.165) is 21.8 Å². The number of fused-ring (bicyclic) bond motifs is 1. The van der Waals surface area contributed by atoms with Crippen LogP contribution in [-0.4, -0.2) is 28.8 Å². The predicted octanol–water partition coefficient (Wildman–Crippen LogP) is 2.23. The van der Waals surface area contributed by atoms with Crippen LogP contribution in [-0.2, 0) is 11.3 Å². The number of ether oxygens (including phenoxy) is 1. The summed E-state index contributed by atoms with van der Waals surface area (Å²) in [7, 11) is 1.59. The number of aryl methyl sites for hydroxylation is 2. The Balaban J connectivity index is 1.69. The number of nitrogens with zero attached hydrogens (tertiary/aromatic N) is 3. The van der Waals surface area contributed by atoms with Gasteiger partial charge < -0.3 is 4.74 Å². The minimum atomic E-state index is -0.400. The fourth-order valence-electron chi connectivity index (χ4n) is 2.44. The number of benzene rings is 1. The summed E-state index contributed by atoms with van der Waals surface area (Å²) < 4.78 is 6.37. The van der Waals surface area contributed by atoms with Gasteiger partial charge in [0.05, 0.1) is 25.0 Å². The van der Waals surface area contributed by atoms with Crippen molar-refractivity contribution in [1.29, 1.82) is 0 Å². The van der Waals surface area contributed by atoms with Gasteiger partial charge >= 0.3 is 0 Å². The molecule has 0 saturated carbocycles. The molecular weight excluding hydrogens is 352 g/mol. The maximum Gasteiger partial charge on any atom is 0.262 e. The van der Waals surface area contributed by atoms with Gasteiger partial charge in [0.25, 0.3) is 11.5 Å². The normalized spacial score (nSPS) is 11.2. The lowest BCUT2D eigenvalue weighted by atomic mass is 10.2. The van der Waals surface area contributed by atoms with Crippen molar-refractivity contribution in [3.8, 4) is 5.75 Å². The van der Waals surface area contributed by atoms with Crippen molar-refractivity contribution in [1.82, 2.24) is 15.0 Å². The van der Waals surface area contributed by atoms with Crippen LogP contribution in [0.4, 0.5) is 0 Å². The number of thiophene rings is 1. The van der Waals surface area contributed by atoms with Crippen LogP contribution in [0, 0.1) is 13.8 Å². The van der Waals surface area contributed by atoms with E-state index < -0.39 is 5.91 Å². The summed E-state index contributed by atoms with van der Waals surface area (Å²) in [5.74, 6) is 0.343. The molecule has 0 aliphatic heterocycles. The minimum Gasteiger partial charge on any atom is -0.497 e. The molecule has 3 rings (SSSR count). The van der Waals surface area contributed by atoms with Crippen LogP contribution in [0.5, 0.6) is 5.75 Å². The summed E-state index contributed by atoms with van der Waals surface area (Å²) in [6.07, 6.45) is 2.92. The summed E-state index contributed by atoms with van der Waals surface area (Å²) in [5.41, 5.74) is 3.93. The smallest absolute Gasteiger partial charge is 0.262 e. The maximum atomic E-state index is 12.6. The molecule has 3 aromatic rings. The van der Waals surface area contributed by atoms with Gasteiger partial charge in [0.15, 0.2) is 0 Å². The molecule has 1 amide bonds. The van der Waals surface area contributed by atoms with Gasteiger partial charge in [0.2, 0.25) is 0 Å². The third-order valence-corrected chi connectivity index (χ3v) is 5.10. The molecule has 26 heavy (non-hydrogen) atoms. The quantitative estimate of drug-likeness (QED) is 0.551. The van der Waals surface area contributed by atoms with Crippen LogP contribution in [0.1, 0.15) is 16.0 Å². The summed E-state index contributed by atoms with van der Waals surface area (Å²) >= 11 is 1.48. The lowest BCUT2D eigenvalue weighted by Crippen LogP contribution is -2.30. The second-order valence-electron chi connectivity index (χ2n) is 5.71. The van der Waals surface area contributed by atoms with Crippen molar-refractivity contribution in [2.45, 2.75) is 20.4 Å². The zero-order valence-electron chi connectivity index (χ0n) is 14.6. The number of rotatable bonds is 5. The minimum absolute atomic E-state index is 0.143. The summed E-state index contributed by atoms with van der Waals surface area (Å²) in [6, 6.07) is 7.24. The Hall–Kier alpha value is -3.00. The first kappa shape index (κ1) is 17.8. The van der Waals surface area contributed by atoms with Crippen LogP contribution >= 0.6 is 11.3 Å². The highest BCUT2D eigenvalue weighted by Crippen LogP contribution is 2.25. The fraction of sp³-hybridized carbons (Fsp3) is 0.222. The molecule has 7 nitrogen and oxygen atoms in total. The average molecular weight is 370 g/mol. The summed E-state index contributed by atoms with van der Waals surface area (Å²) in [4.78, 5) is 30.6. The van der Waals surface area contributed by atoms with E-state index in [1.807, 2.05) is 26.0 Å². The molecule has 0 aliphatic rings. The molecule has 1 aromatic carbocycles. The number of hydrazone groups is 1. The molecule has 0 atom stereocenters. The van der Waals surface area contributed by atoms with E-state index in [1.165, 1.54) is 28.4 Å². The van der Waals surface area contributed by atoms with Gasteiger partial charge in [-0.15, -0.1) is 11.3 Å². The SMILES string of the molecule is COc1ccc(/C=N/NC(=O)Cn2cnc3sc(C)c(C)c3c2=O)cc1. The number of nitrogens with one attached hydrogen (secondary N) is 1. The van der Waals surface area contributed by atoms with Gasteiger partial charge in [-0.3, -0.25) is 14.2 Å². The molecule has 134 valence electrons. The van der Waals surface area contributed by atoms with Crippen LogP contribution in [0.3, 0.4) is 0 Å². The van der Waals surface area contributed by atoms with E-state index in [1.54, 1.807) is 19.2 Å². The zero-order chi connectivity index (χ0) is 18.7. The third-order valence-electron chi connectivity index (χ3n) is 3.99. The first-order chi connectivity index (χ1) is 12.5. The molecule has 1 N–H and O–H groups in total. The fourth-order valence-corrected chi connectivity index (χ4v) is 3.43. The highest BCUT2D eigenvalue weighted by molar-refractivity contribution is 7.18. The molecule has 0 bridgehead atoms. The Morgan fingerprint density at radius 2 is 2.08 bits per heavy atom. The molecule has 0 spiro atoms. The van der Waals surface area contributed by atoms with Crippen LogP contribution in [0.25, 0.3) is 10.2 Å². The zero-order valence-corrected chi connectivity index (χ0v) is 15.5. The van der Waals surface area contributed by atoms with Gasteiger partial charge in [0, 0.05) is 4.88 Å². The number of carbonyl (C=O) groups is 1. The molecule has 2 aromatic heterocycles. The number of methoxy groups -OCH3 is 1. The van der Waals surface area contributed by atoms with E-state index >= 15 is 0 Å². The Bertz CT molecular complexity index is 1040. The van der Waals surface area contributed by atoms with E-state index in [4.69, 9.17) is 4.74 Å². The molecule has 0 radical (unpaired) electrons. The Morgan fingerprint density at radius 3 is 2.77 bits per heavy atom. The molecule has 0 aliphatic carbocycles. The molecule has 0 saturated heterocycles. The molecule has 2 heterocycles. The highest BCUT2D eigenvalue weighted by atomic mass is 32.1. The number of aromatic nitrogens is 2. The summed E-state index contributed by atoms with van der Waals surface area (Å²) in [6.45, 7) is 3.70. The average Bonchev–Trinajstić information content (AvgIpc) is 2.93. The van der Waals surface area contributed by atoms with Crippen molar-refractivity contribution >= 4 is 33.7 Å². The van der Waals surface area contributed by atoms with Crippen LogP contribution < -0.4 is 15.7 Å². The molecule has 0 fully saturated rings. The standard InChI is InChI=1S/C18H18N4O3S/c1-11-12(2)26-17-16(11)18(24)22(10-19-17)9-15(23)21-20-8-13-4-6-14(25-3)7-5-13/h4-8,10H,9H2,1-3H3,(H,21,23)/b20-8+. The lowest BCUT2D eigenvalue weighted by molar-refractivity contribution is -0.121. The third kappa shape index (κ3) is 3.65. The van der Waals surface area contributed by atoms with Gasteiger partial charge in [-0.25, -0.2) is 10.4 Å². The lowest BCUT2D eigenvalue weighted by Gasteiger charge is -2.04. The Labute approximate surface area is 154 Å². The molecule has 0 unspecified atom stereocenters. The predicted molar refractivity (Wildman–Crippen MR) is 102 cm³/mol. The summed E-state index contributed by atoms with van der Waals surface area (Å²) in [5, 5.41) is 4.48. The molecule has 8 heteroatoms. The van der Waals surface area contributed by atoms with E-state index in [-0.39, 0.29) is 12.1 Å². The number of hydrogen-bond acceptors (Lipinski definition) is 6. The van der Waals surface area contributed by atoms with E-state index in [2.05, 4.69) is 15.5 Å². The van der Waals surface area contributed by atoms with Crippen molar-refractivity contribution < 1.29 is 9.53 Å². The topological polar surface area (TPSA) is 85.6 Å². The van der Waals surface area contributed by atoms with Gasteiger partial charge in [0.1, 0.15) is 17.1 Å². The van der Waals surface area contributed by atoms with Crippen molar-refractivity contribution in [2.24, 2.45) is 5.10 Å².